The van der Waals surface area contributed by atoms with Gasteiger partial charge < -0.3 is 19.9 Å². The Kier molecular flexibility index (Phi) is 10.2. The predicted molar refractivity (Wildman–Crippen MR) is 170 cm³/mol. The maximum atomic E-state index is 13.2. The summed E-state index contributed by atoms with van der Waals surface area (Å²) >= 11 is 0. The second-order valence-corrected chi connectivity index (χ2v) is 14.6. The second-order valence-electron chi connectivity index (χ2n) is 13.4. The highest BCUT2D eigenvalue weighted by Crippen LogP contribution is 2.32. The largest absolute Gasteiger partial charge is 0.478 e. The minimum Gasteiger partial charge on any atom is -0.478 e. The number of aromatic carboxylic acids is 1. The summed E-state index contributed by atoms with van der Waals surface area (Å²) in [7, 11) is -1.80. The zero-order valence-electron chi connectivity index (χ0n) is 26.2. The van der Waals surface area contributed by atoms with E-state index in [-0.39, 0.29) is 34.5 Å². The number of hydrogen-bond donors (Lipinski definition) is 3. The zero-order valence-corrected chi connectivity index (χ0v) is 27.0. The Morgan fingerprint density at radius 3 is 2.47 bits per heavy atom. The van der Waals surface area contributed by atoms with Crippen LogP contribution in [-0.4, -0.2) is 57.2 Å². The molecule has 0 radical (unpaired) electrons. The van der Waals surface area contributed by atoms with Gasteiger partial charge in [-0.3, -0.25) is 4.72 Å². The molecular weight excluding hydrogens is 564 g/mol. The van der Waals surface area contributed by atoms with Crippen LogP contribution in [0.25, 0.3) is 11.3 Å². The van der Waals surface area contributed by atoms with E-state index in [1.165, 1.54) is 12.1 Å². The fourth-order valence-electron chi connectivity index (χ4n) is 5.40. The van der Waals surface area contributed by atoms with Crippen molar-refractivity contribution >= 4 is 22.9 Å². The summed E-state index contributed by atoms with van der Waals surface area (Å²) in [4.78, 5) is 21.0. The lowest BCUT2D eigenvalue weighted by Gasteiger charge is -2.28. The number of anilines is 1. The molecule has 232 valence electrons. The van der Waals surface area contributed by atoms with Gasteiger partial charge in [-0.05, 0) is 66.8 Å². The molecule has 1 saturated heterocycles. The summed E-state index contributed by atoms with van der Waals surface area (Å²) in [5, 5.41) is 13.0. The molecule has 9 nitrogen and oxygen atoms in total. The Hall–Kier alpha value is -3.34. The summed E-state index contributed by atoms with van der Waals surface area (Å²) < 4.78 is 28.4. The molecule has 3 unspecified atom stereocenters. The molecule has 0 amide bonds. The van der Waals surface area contributed by atoms with Crippen LogP contribution in [0.15, 0.2) is 53.4 Å². The number of nitrogens with zero attached hydrogens (tertiary/aromatic N) is 2. The number of rotatable bonds is 12. The number of carbonyl (C=O) groups is 1. The first kappa shape index (κ1) is 32.6. The van der Waals surface area contributed by atoms with Gasteiger partial charge in [-0.25, -0.2) is 14.0 Å². The Morgan fingerprint density at radius 2 is 1.84 bits per heavy atom. The van der Waals surface area contributed by atoms with E-state index in [4.69, 9.17) is 14.5 Å². The first-order chi connectivity index (χ1) is 20.2. The SMILES string of the molecule is Cc1cccc(C)c1-c1cc(OCC(CC(C)(C)C)NCC2CC(C)(C)CO2)nc(NS(=O)c2cccc(C(=O)O)c2)n1. The van der Waals surface area contributed by atoms with Crippen LogP contribution in [0.5, 0.6) is 5.88 Å². The van der Waals surface area contributed by atoms with Crippen molar-refractivity contribution in [2.75, 3.05) is 24.5 Å². The van der Waals surface area contributed by atoms with Crippen molar-refractivity contribution in [1.29, 1.82) is 0 Å². The van der Waals surface area contributed by atoms with Crippen LogP contribution in [0, 0.1) is 24.7 Å². The maximum Gasteiger partial charge on any atom is 0.335 e. The van der Waals surface area contributed by atoms with Gasteiger partial charge in [0, 0.05) is 24.2 Å². The van der Waals surface area contributed by atoms with E-state index in [9.17, 15) is 14.1 Å². The highest BCUT2D eigenvalue weighted by Gasteiger charge is 2.32. The van der Waals surface area contributed by atoms with E-state index in [1.807, 2.05) is 38.1 Å². The predicted octanol–water partition coefficient (Wildman–Crippen LogP) is 6.18. The molecule has 3 atom stereocenters. The van der Waals surface area contributed by atoms with Gasteiger partial charge in [-0.15, -0.1) is 0 Å². The molecule has 1 aliphatic rings. The first-order valence-electron chi connectivity index (χ1n) is 14.6. The van der Waals surface area contributed by atoms with Gasteiger partial charge in [-0.1, -0.05) is 58.9 Å². The van der Waals surface area contributed by atoms with Crippen molar-refractivity contribution in [2.45, 2.75) is 78.3 Å². The van der Waals surface area contributed by atoms with Crippen molar-refractivity contribution in [2.24, 2.45) is 10.8 Å². The molecule has 3 N–H and O–H groups in total. The maximum absolute atomic E-state index is 13.2. The molecule has 10 heteroatoms. The van der Waals surface area contributed by atoms with Crippen LogP contribution in [0.3, 0.4) is 0 Å². The molecule has 1 aliphatic heterocycles. The molecule has 1 fully saturated rings. The fraction of sp³-hybridized carbons (Fsp3) is 0.485. The Balaban J connectivity index is 1.59. The number of aromatic nitrogens is 2. The number of carboxylic acid groups (broad SMARTS) is 1. The number of hydrogen-bond acceptors (Lipinski definition) is 7. The average Bonchev–Trinajstić information content (AvgIpc) is 3.27. The fourth-order valence-corrected chi connectivity index (χ4v) is 6.21. The number of carboxylic acids is 1. The van der Waals surface area contributed by atoms with Crippen LogP contribution >= 0.6 is 0 Å². The Bertz CT molecular complexity index is 1450. The third-order valence-electron chi connectivity index (χ3n) is 7.33. The third-order valence-corrected chi connectivity index (χ3v) is 8.38. The molecule has 0 saturated carbocycles. The zero-order chi connectivity index (χ0) is 31.4. The summed E-state index contributed by atoms with van der Waals surface area (Å²) in [5.41, 5.74) is 3.97. The van der Waals surface area contributed by atoms with Gasteiger partial charge in [0.2, 0.25) is 11.8 Å². The summed E-state index contributed by atoms with van der Waals surface area (Å²) in [6, 6.07) is 13.9. The van der Waals surface area contributed by atoms with Crippen molar-refractivity contribution in [3.8, 4) is 17.1 Å². The molecule has 43 heavy (non-hydrogen) atoms. The monoisotopic (exact) mass is 608 g/mol. The highest BCUT2D eigenvalue weighted by atomic mass is 32.2. The van der Waals surface area contributed by atoms with Crippen molar-refractivity contribution in [3.05, 3.63) is 65.2 Å². The molecule has 2 aromatic carbocycles. The van der Waals surface area contributed by atoms with E-state index in [2.05, 4.69) is 49.6 Å². The molecule has 0 bridgehead atoms. The van der Waals surface area contributed by atoms with E-state index in [0.29, 0.717) is 23.1 Å². The van der Waals surface area contributed by atoms with Crippen LogP contribution in [-0.2, 0) is 15.7 Å². The lowest BCUT2D eigenvalue weighted by atomic mass is 9.88. The van der Waals surface area contributed by atoms with Gasteiger partial charge in [0.25, 0.3) is 0 Å². The number of aryl methyl sites for hydroxylation is 2. The Labute approximate surface area is 257 Å². The van der Waals surface area contributed by atoms with Gasteiger partial charge in [-0.2, -0.15) is 4.98 Å². The summed E-state index contributed by atoms with van der Waals surface area (Å²) in [6.07, 6.45) is 2.06. The van der Waals surface area contributed by atoms with Crippen molar-refractivity contribution in [3.63, 3.8) is 0 Å². The summed E-state index contributed by atoms with van der Waals surface area (Å²) in [5.74, 6) is -0.619. The lowest BCUT2D eigenvalue weighted by Crippen LogP contribution is -2.41. The summed E-state index contributed by atoms with van der Waals surface area (Å²) in [6.45, 7) is 17.0. The second kappa shape index (κ2) is 13.5. The van der Waals surface area contributed by atoms with E-state index < -0.39 is 17.0 Å². The van der Waals surface area contributed by atoms with Gasteiger partial charge >= 0.3 is 5.97 Å². The third kappa shape index (κ3) is 9.32. The van der Waals surface area contributed by atoms with Crippen molar-refractivity contribution < 1.29 is 23.6 Å². The van der Waals surface area contributed by atoms with E-state index in [1.54, 1.807) is 12.1 Å². The van der Waals surface area contributed by atoms with E-state index >= 15 is 0 Å². The number of ether oxygens (including phenoxy) is 2. The van der Waals surface area contributed by atoms with Crippen LogP contribution in [0.4, 0.5) is 5.95 Å². The molecule has 4 rings (SSSR count). The van der Waals surface area contributed by atoms with Crippen LogP contribution in [0.1, 0.15) is 68.9 Å². The number of nitrogens with one attached hydrogen (secondary N) is 2. The molecule has 1 aromatic heterocycles. The smallest absolute Gasteiger partial charge is 0.335 e. The molecule has 3 aromatic rings. The molecule has 0 aliphatic carbocycles. The van der Waals surface area contributed by atoms with E-state index in [0.717, 1.165) is 42.7 Å². The normalized spacial score (nSPS) is 17.8. The van der Waals surface area contributed by atoms with Gasteiger partial charge in [0.05, 0.1) is 28.9 Å². The highest BCUT2D eigenvalue weighted by molar-refractivity contribution is 7.86. The minimum absolute atomic E-state index is 0.0471. The average molecular weight is 609 g/mol. The lowest BCUT2D eigenvalue weighted by molar-refractivity contribution is 0.0696. The molecule has 0 spiro atoms. The molecule has 2 heterocycles. The first-order valence-corrected chi connectivity index (χ1v) is 15.8. The van der Waals surface area contributed by atoms with Crippen LogP contribution < -0.4 is 14.8 Å². The quantitative estimate of drug-likeness (QED) is 0.223. The standard InChI is InChI=1S/C33H44N4O5S/c1-21-10-8-11-22(2)29(21)27-15-28(36-31(35-27)37-43(40)26-13-9-12-23(14-26)30(38)39)41-19-24(16-32(3,4)5)34-18-25-17-33(6,7)20-42-25/h8-15,24-25,34H,16-20H2,1-7H3,(H,38,39)(H,35,36,37). The van der Waals surface area contributed by atoms with Crippen LogP contribution in [0.2, 0.25) is 0 Å². The van der Waals surface area contributed by atoms with Gasteiger partial charge in [0.1, 0.15) is 6.61 Å². The topological polar surface area (TPSA) is 123 Å². The minimum atomic E-state index is -1.80. The van der Waals surface area contributed by atoms with Crippen molar-refractivity contribution in [1.82, 2.24) is 15.3 Å². The van der Waals surface area contributed by atoms with Gasteiger partial charge in [0.15, 0.2) is 11.0 Å². The Morgan fingerprint density at radius 1 is 1.14 bits per heavy atom. The molecular formula is C33H44N4O5S. The number of benzene rings is 2.